The molecule has 3 atom stereocenters. The molecule has 7 heteroatoms. The number of nitrogens with zero attached hydrogens (tertiary/aromatic N) is 1. The second-order valence-corrected chi connectivity index (χ2v) is 8.28. The number of carbonyl (C=O) groups excluding carboxylic acids is 1. The zero-order valence-corrected chi connectivity index (χ0v) is 14.0. The lowest BCUT2D eigenvalue weighted by Gasteiger charge is -2.35. The van der Waals surface area contributed by atoms with Gasteiger partial charge in [0.15, 0.2) is 0 Å². The van der Waals surface area contributed by atoms with Gasteiger partial charge in [0.2, 0.25) is 0 Å². The van der Waals surface area contributed by atoms with Gasteiger partial charge in [-0.25, -0.2) is 4.79 Å². The first-order valence-electron chi connectivity index (χ1n) is 7.58. The zero-order valence-electron chi connectivity index (χ0n) is 12.4. The number of rotatable bonds is 5. The minimum Gasteiger partial charge on any atom is -0.481 e. The molecule has 5 nitrogen and oxygen atoms in total. The molecule has 120 valence electrons. The van der Waals surface area contributed by atoms with E-state index in [4.69, 9.17) is 5.11 Å². The third kappa shape index (κ3) is 4.98. The molecule has 0 spiro atoms. The average Bonchev–Trinajstić information content (AvgIpc) is 2.86. The van der Waals surface area contributed by atoms with Crippen molar-refractivity contribution >= 4 is 35.5 Å². The van der Waals surface area contributed by atoms with Crippen LogP contribution in [0.15, 0.2) is 0 Å². The van der Waals surface area contributed by atoms with Crippen LogP contribution in [-0.2, 0) is 4.79 Å². The van der Waals surface area contributed by atoms with Crippen molar-refractivity contribution in [3.8, 4) is 0 Å². The largest absolute Gasteiger partial charge is 0.481 e. The minimum atomic E-state index is -0.833. The van der Waals surface area contributed by atoms with Crippen molar-refractivity contribution in [2.75, 3.05) is 23.8 Å². The van der Waals surface area contributed by atoms with Gasteiger partial charge in [-0.1, -0.05) is 6.92 Å². The number of carbonyl (C=O) groups is 2. The molecule has 0 aromatic rings. The molecule has 2 N–H and O–H groups in total. The molecule has 21 heavy (non-hydrogen) atoms. The van der Waals surface area contributed by atoms with E-state index < -0.39 is 5.97 Å². The zero-order chi connectivity index (χ0) is 15.2. The van der Waals surface area contributed by atoms with Crippen molar-refractivity contribution in [3.63, 3.8) is 0 Å². The van der Waals surface area contributed by atoms with E-state index in [0.29, 0.717) is 11.8 Å². The maximum atomic E-state index is 12.4. The van der Waals surface area contributed by atoms with Gasteiger partial charge in [-0.05, 0) is 25.0 Å². The van der Waals surface area contributed by atoms with Gasteiger partial charge in [0.25, 0.3) is 0 Å². The molecule has 2 fully saturated rings. The molecule has 3 unspecified atom stereocenters. The van der Waals surface area contributed by atoms with Crippen LogP contribution < -0.4 is 5.32 Å². The molecule has 1 saturated carbocycles. The summed E-state index contributed by atoms with van der Waals surface area (Å²) in [6, 6.07) is -0.00114. The summed E-state index contributed by atoms with van der Waals surface area (Å²) < 4.78 is 0. The molecule has 1 saturated heterocycles. The van der Waals surface area contributed by atoms with E-state index in [9.17, 15) is 9.59 Å². The SMILES string of the molecule is CCSC1CCC(NC(=O)N2CCSCC2CC(=O)O)C1. The average molecular weight is 332 g/mol. The third-order valence-electron chi connectivity index (χ3n) is 4.01. The molecular formula is C14H24N2O3S2. The number of nitrogens with one attached hydrogen (secondary N) is 1. The summed E-state index contributed by atoms with van der Waals surface area (Å²) in [5, 5.41) is 12.7. The number of thioether (sulfide) groups is 2. The number of urea groups is 1. The Morgan fingerprint density at radius 3 is 2.95 bits per heavy atom. The summed E-state index contributed by atoms with van der Waals surface area (Å²) in [7, 11) is 0. The fraction of sp³-hybridized carbons (Fsp3) is 0.857. The van der Waals surface area contributed by atoms with Crippen molar-refractivity contribution in [2.24, 2.45) is 0 Å². The molecule has 2 aliphatic rings. The van der Waals surface area contributed by atoms with Gasteiger partial charge in [-0.3, -0.25) is 4.79 Å². The van der Waals surface area contributed by atoms with Gasteiger partial charge in [0.1, 0.15) is 0 Å². The Kier molecular flexibility index (Phi) is 6.54. The highest BCUT2D eigenvalue weighted by Crippen LogP contribution is 2.30. The summed E-state index contributed by atoms with van der Waals surface area (Å²) in [5.41, 5.74) is 0. The molecule has 1 aliphatic heterocycles. The van der Waals surface area contributed by atoms with Gasteiger partial charge in [-0.2, -0.15) is 23.5 Å². The highest BCUT2D eigenvalue weighted by Gasteiger charge is 2.32. The van der Waals surface area contributed by atoms with Crippen molar-refractivity contribution < 1.29 is 14.7 Å². The number of amides is 2. The van der Waals surface area contributed by atoms with Crippen LogP contribution in [0.1, 0.15) is 32.6 Å². The number of hydrogen-bond donors (Lipinski definition) is 2. The van der Waals surface area contributed by atoms with Crippen LogP contribution in [0.4, 0.5) is 4.79 Å². The topological polar surface area (TPSA) is 69.6 Å². The Morgan fingerprint density at radius 1 is 1.43 bits per heavy atom. The van der Waals surface area contributed by atoms with E-state index in [2.05, 4.69) is 12.2 Å². The normalized spacial score (nSPS) is 29.4. The monoisotopic (exact) mass is 332 g/mol. The molecule has 0 aromatic carbocycles. The Morgan fingerprint density at radius 2 is 2.24 bits per heavy atom. The highest BCUT2D eigenvalue weighted by atomic mass is 32.2. The molecular weight excluding hydrogens is 308 g/mol. The maximum Gasteiger partial charge on any atom is 0.317 e. The lowest BCUT2D eigenvalue weighted by atomic mass is 10.2. The summed E-state index contributed by atoms with van der Waals surface area (Å²) in [6.45, 7) is 2.81. The van der Waals surface area contributed by atoms with Gasteiger partial charge in [0, 0.05) is 29.3 Å². The van der Waals surface area contributed by atoms with Crippen LogP contribution in [0.5, 0.6) is 0 Å². The molecule has 0 aromatic heterocycles. The number of carboxylic acids is 1. The first kappa shape index (κ1) is 16.8. The molecule has 0 radical (unpaired) electrons. The Hall–Kier alpha value is -0.560. The predicted molar refractivity (Wildman–Crippen MR) is 88.2 cm³/mol. The van der Waals surface area contributed by atoms with E-state index in [0.717, 1.165) is 36.5 Å². The number of aliphatic carboxylic acids is 1. The molecule has 2 rings (SSSR count). The molecule has 0 bridgehead atoms. The van der Waals surface area contributed by atoms with Crippen LogP contribution in [0, 0.1) is 0 Å². The Bertz CT molecular complexity index is 381. The van der Waals surface area contributed by atoms with E-state index in [1.54, 1.807) is 16.7 Å². The van der Waals surface area contributed by atoms with Gasteiger partial charge >= 0.3 is 12.0 Å². The summed E-state index contributed by atoms with van der Waals surface area (Å²) >= 11 is 3.70. The van der Waals surface area contributed by atoms with Crippen molar-refractivity contribution in [1.29, 1.82) is 0 Å². The Balaban J connectivity index is 1.85. The van der Waals surface area contributed by atoms with Gasteiger partial charge < -0.3 is 15.3 Å². The van der Waals surface area contributed by atoms with E-state index in [-0.39, 0.29) is 24.5 Å². The smallest absolute Gasteiger partial charge is 0.317 e. The van der Waals surface area contributed by atoms with E-state index >= 15 is 0 Å². The van der Waals surface area contributed by atoms with Crippen molar-refractivity contribution in [2.45, 2.75) is 49.9 Å². The second-order valence-electron chi connectivity index (χ2n) is 5.56. The third-order valence-corrected chi connectivity index (χ3v) is 6.34. The molecule has 1 aliphatic carbocycles. The quantitative estimate of drug-likeness (QED) is 0.808. The Labute approximate surface area is 134 Å². The van der Waals surface area contributed by atoms with E-state index in [1.165, 1.54) is 0 Å². The van der Waals surface area contributed by atoms with Crippen LogP contribution in [0.2, 0.25) is 0 Å². The van der Waals surface area contributed by atoms with Gasteiger partial charge in [0.05, 0.1) is 12.5 Å². The predicted octanol–water partition coefficient (Wildman–Crippen LogP) is 2.26. The van der Waals surface area contributed by atoms with E-state index in [1.807, 2.05) is 11.8 Å². The van der Waals surface area contributed by atoms with Crippen LogP contribution in [-0.4, -0.2) is 63.1 Å². The van der Waals surface area contributed by atoms with Gasteiger partial charge in [-0.15, -0.1) is 0 Å². The number of hydrogen-bond acceptors (Lipinski definition) is 4. The summed E-state index contributed by atoms with van der Waals surface area (Å²) in [4.78, 5) is 25.1. The standard InChI is InChI=1S/C14H24N2O3S2/c1-2-21-12-4-3-10(7-12)15-14(19)16-5-6-20-9-11(16)8-13(17)18/h10-12H,2-9H2,1H3,(H,15,19)(H,17,18). The lowest BCUT2D eigenvalue weighted by Crippen LogP contribution is -2.53. The first-order valence-corrected chi connectivity index (χ1v) is 9.78. The molecule has 2 amide bonds. The van der Waals surface area contributed by atoms with Crippen LogP contribution in [0.3, 0.4) is 0 Å². The van der Waals surface area contributed by atoms with Crippen molar-refractivity contribution in [1.82, 2.24) is 10.2 Å². The highest BCUT2D eigenvalue weighted by molar-refractivity contribution is 7.99. The van der Waals surface area contributed by atoms with Crippen LogP contribution >= 0.6 is 23.5 Å². The fourth-order valence-electron chi connectivity index (χ4n) is 3.01. The fourth-order valence-corrected chi connectivity index (χ4v) is 5.21. The van der Waals surface area contributed by atoms with Crippen molar-refractivity contribution in [3.05, 3.63) is 0 Å². The second kappa shape index (κ2) is 8.17. The maximum absolute atomic E-state index is 12.4. The molecule has 1 heterocycles. The lowest BCUT2D eigenvalue weighted by molar-refractivity contribution is -0.137. The summed E-state index contributed by atoms with van der Waals surface area (Å²) in [6.07, 6.45) is 3.28. The van der Waals surface area contributed by atoms with Crippen LogP contribution in [0.25, 0.3) is 0 Å². The number of carboxylic acid groups (broad SMARTS) is 1. The summed E-state index contributed by atoms with van der Waals surface area (Å²) in [5.74, 6) is 1.90. The minimum absolute atomic E-state index is 0.0411. The first-order chi connectivity index (χ1) is 10.1.